The van der Waals surface area contributed by atoms with Gasteiger partial charge in [0.25, 0.3) is 0 Å². The molecule has 0 radical (unpaired) electrons. The van der Waals surface area contributed by atoms with Gasteiger partial charge < -0.3 is 4.42 Å². The van der Waals surface area contributed by atoms with Gasteiger partial charge in [-0.05, 0) is 90.3 Å². The summed E-state index contributed by atoms with van der Waals surface area (Å²) in [5.74, 6) is 0. The van der Waals surface area contributed by atoms with Crippen LogP contribution in [-0.2, 0) is 0 Å². The van der Waals surface area contributed by atoms with Crippen LogP contribution in [0.25, 0.3) is 87.6 Å². The number of rotatable bonds is 3. The molecule has 0 saturated carbocycles. The Morgan fingerprint density at radius 2 is 0.932 bits per heavy atom. The molecule has 9 aromatic rings. The van der Waals surface area contributed by atoms with E-state index in [9.17, 15) is 0 Å². The molecule has 1 aromatic heterocycles. The maximum Gasteiger partial charge on any atom is 0.136 e. The predicted octanol–water partition coefficient (Wildman–Crippen LogP) is 12.4. The van der Waals surface area contributed by atoms with E-state index in [2.05, 4.69) is 153 Å². The maximum absolute atomic E-state index is 6.39. The summed E-state index contributed by atoms with van der Waals surface area (Å²) >= 11 is 0. The van der Waals surface area contributed by atoms with Crippen molar-refractivity contribution in [3.05, 3.63) is 157 Å². The Balaban J connectivity index is 1.32. The van der Waals surface area contributed by atoms with Crippen molar-refractivity contribution in [2.45, 2.75) is 6.92 Å². The number of fused-ring (bicyclic) bond motifs is 6. The Hall–Kier alpha value is -5.66. The van der Waals surface area contributed by atoms with Gasteiger partial charge in [-0.1, -0.05) is 140 Å². The summed E-state index contributed by atoms with van der Waals surface area (Å²) in [6.45, 7) is 2.16. The molecule has 1 heteroatoms. The smallest absolute Gasteiger partial charge is 0.136 e. The first-order valence-corrected chi connectivity index (χ1v) is 15.2. The van der Waals surface area contributed by atoms with Crippen LogP contribution in [0.4, 0.5) is 0 Å². The van der Waals surface area contributed by atoms with E-state index < -0.39 is 0 Å². The van der Waals surface area contributed by atoms with Gasteiger partial charge in [-0.3, -0.25) is 0 Å². The zero-order valence-corrected chi connectivity index (χ0v) is 24.3. The molecule has 0 aliphatic heterocycles. The minimum absolute atomic E-state index is 0.922. The SMILES string of the molecule is Cc1cc(-c2c3ccccc3c(-c3ccc(-c4cccc5ccccc45)cc3)c3ccccc23)c2c(c1)oc1ccccc12. The minimum atomic E-state index is 0.922. The molecule has 8 aromatic carbocycles. The first-order valence-electron chi connectivity index (χ1n) is 15.2. The van der Waals surface area contributed by atoms with Gasteiger partial charge in [-0.25, -0.2) is 0 Å². The summed E-state index contributed by atoms with van der Waals surface area (Å²) in [4.78, 5) is 0. The summed E-state index contributed by atoms with van der Waals surface area (Å²) in [6.07, 6.45) is 0. The molecule has 0 unspecified atom stereocenters. The second kappa shape index (κ2) is 9.69. The van der Waals surface area contributed by atoms with E-state index in [1.54, 1.807) is 0 Å². The lowest BCUT2D eigenvalue weighted by molar-refractivity contribution is 0.668. The van der Waals surface area contributed by atoms with Crippen molar-refractivity contribution in [1.82, 2.24) is 0 Å². The Kier molecular flexibility index (Phi) is 5.48. The molecular weight excluding hydrogens is 532 g/mol. The lowest BCUT2D eigenvalue weighted by Gasteiger charge is -2.19. The zero-order valence-electron chi connectivity index (χ0n) is 24.3. The Morgan fingerprint density at radius 1 is 0.386 bits per heavy atom. The van der Waals surface area contributed by atoms with Gasteiger partial charge in [-0.15, -0.1) is 0 Å². The first kappa shape index (κ1) is 24.9. The van der Waals surface area contributed by atoms with Crippen molar-refractivity contribution >= 4 is 54.3 Å². The molecule has 9 rings (SSSR count). The maximum atomic E-state index is 6.39. The van der Waals surface area contributed by atoms with E-state index >= 15 is 0 Å². The van der Waals surface area contributed by atoms with E-state index in [0.717, 1.165) is 16.6 Å². The highest BCUT2D eigenvalue weighted by atomic mass is 16.3. The van der Waals surface area contributed by atoms with Crippen LogP contribution in [0.2, 0.25) is 0 Å². The van der Waals surface area contributed by atoms with Crippen LogP contribution in [-0.4, -0.2) is 0 Å². The number of hydrogen-bond acceptors (Lipinski definition) is 1. The molecule has 44 heavy (non-hydrogen) atoms. The van der Waals surface area contributed by atoms with Gasteiger partial charge >= 0.3 is 0 Å². The molecule has 0 amide bonds. The molecule has 206 valence electrons. The van der Waals surface area contributed by atoms with Crippen LogP contribution in [0.5, 0.6) is 0 Å². The molecule has 0 spiro atoms. The van der Waals surface area contributed by atoms with Crippen LogP contribution >= 0.6 is 0 Å². The predicted molar refractivity (Wildman–Crippen MR) is 187 cm³/mol. The standard InChI is InChI=1S/C43H28O/c1-27-25-38(43-37-18-8-9-20-39(37)44-40(43)26-27)42-35-16-6-4-14-33(35)41(34-15-5-7-17-36(34)42)30-23-21-29(22-24-30)32-19-10-12-28-11-2-3-13-31(28)32/h2-26H,1H3. The molecule has 1 nitrogen and oxygen atoms in total. The van der Waals surface area contributed by atoms with Crippen molar-refractivity contribution in [2.75, 3.05) is 0 Å². The third-order valence-electron chi connectivity index (χ3n) is 9.10. The van der Waals surface area contributed by atoms with Gasteiger partial charge in [0.05, 0.1) is 0 Å². The van der Waals surface area contributed by atoms with E-state index in [-0.39, 0.29) is 0 Å². The van der Waals surface area contributed by atoms with E-state index in [1.807, 2.05) is 6.07 Å². The highest BCUT2D eigenvalue weighted by Crippen LogP contribution is 2.47. The van der Waals surface area contributed by atoms with Crippen molar-refractivity contribution in [3.8, 4) is 33.4 Å². The third kappa shape index (κ3) is 3.73. The van der Waals surface area contributed by atoms with Crippen LogP contribution in [0.3, 0.4) is 0 Å². The second-order valence-electron chi connectivity index (χ2n) is 11.7. The average Bonchev–Trinajstić information content (AvgIpc) is 3.45. The van der Waals surface area contributed by atoms with Gasteiger partial charge in [0.1, 0.15) is 11.2 Å². The van der Waals surface area contributed by atoms with Crippen molar-refractivity contribution < 1.29 is 4.42 Å². The Morgan fingerprint density at radius 3 is 1.64 bits per heavy atom. The average molecular weight is 561 g/mol. The lowest BCUT2D eigenvalue weighted by atomic mass is 9.84. The quantitative estimate of drug-likeness (QED) is 0.196. The number of hydrogen-bond donors (Lipinski definition) is 0. The van der Waals surface area contributed by atoms with Crippen LogP contribution in [0, 0.1) is 6.92 Å². The lowest BCUT2D eigenvalue weighted by Crippen LogP contribution is -1.92. The largest absolute Gasteiger partial charge is 0.456 e. The molecule has 0 bridgehead atoms. The molecule has 0 N–H and O–H groups in total. The summed E-state index contributed by atoms with van der Waals surface area (Å²) in [5.41, 5.74) is 10.5. The number of benzene rings is 8. The molecule has 0 aliphatic carbocycles. The summed E-state index contributed by atoms with van der Waals surface area (Å²) in [6, 6.07) is 54.9. The molecular formula is C43H28O. The fraction of sp³-hybridized carbons (Fsp3) is 0.0233. The highest BCUT2D eigenvalue weighted by Gasteiger charge is 2.20. The van der Waals surface area contributed by atoms with Gasteiger partial charge in [0, 0.05) is 10.8 Å². The Labute approximate surface area is 255 Å². The minimum Gasteiger partial charge on any atom is -0.456 e. The monoisotopic (exact) mass is 560 g/mol. The van der Waals surface area contributed by atoms with Gasteiger partial charge in [0.15, 0.2) is 0 Å². The molecule has 0 aliphatic rings. The second-order valence-corrected chi connectivity index (χ2v) is 11.7. The molecule has 0 atom stereocenters. The topological polar surface area (TPSA) is 13.1 Å². The summed E-state index contributed by atoms with van der Waals surface area (Å²) in [5, 5.41) is 9.86. The highest BCUT2D eigenvalue weighted by molar-refractivity contribution is 6.25. The number of aryl methyl sites for hydroxylation is 1. The van der Waals surface area contributed by atoms with E-state index in [4.69, 9.17) is 4.42 Å². The van der Waals surface area contributed by atoms with Crippen molar-refractivity contribution in [2.24, 2.45) is 0 Å². The fourth-order valence-corrected chi connectivity index (χ4v) is 7.21. The molecule has 0 saturated heterocycles. The first-order chi connectivity index (χ1) is 21.7. The fourth-order valence-electron chi connectivity index (χ4n) is 7.21. The normalized spacial score (nSPS) is 11.8. The van der Waals surface area contributed by atoms with Gasteiger partial charge in [0.2, 0.25) is 0 Å². The van der Waals surface area contributed by atoms with Crippen LogP contribution in [0.1, 0.15) is 5.56 Å². The number of para-hydroxylation sites is 1. The molecule has 0 fully saturated rings. The number of furan rings is 1. The van der Waals surface area contributed by atoms with Crippen molar-refractivity contribution in [1.29, 1.82) is 0 Å². The summed E-state index contributed by atoms with van der Waals surface area (Å²) in [7, 11) is 0. The van der Waals surface area contributed by atoms with Gasteiger partial charge in [-0.2, -0.15) is 0 Å². The van der Waals surface area contributed by atoms with E-state index in [0.29, 0.717) is 0 Å². The zero-order chi connectivity index (χ0) is 29.2. The third-order valence-corrected chi connectivity index (χ3v) is 9.10. The van der Waals surface area contributed by atoms with Crippen LogP contribution in [0.15, 0.2) is 156 Å². The van der Waals surface area contributed by atoms with E-state index in [1.165, 1.54) is 76.6 Å². The van der Waals surface area contributed by atoms with Crippen molar-refractivity contribution in [3.63, 3.8) is 0 Å². The molecule has 1 heterocycles. The van der Waals surface area contributed by atoms with Crippen LogP contribution < -0.4 is 0 Å². The summed E-state index contributed by atoms with van der Waals surface area (Å²) < 4.78 is 6.39. The Bertz CT molecular complexity index is 2490.